The molecule has 0 amide bonds. The molecule has 0 rings (SSSR count). The van der Waals surface area contributed by atoms with E-state index in [9.17, 15) is 0 Å². The molecule has 0 aliphatic carbocycles. The molecule has 4 heteroatoms. The fourth-order valence-electron chi connectivity index (χ4n) is 0.920. The van der Waals surface area contributed by atoms with Gasteiger partial charge in [-0.25, -0.2) is 0 Å². The fraction of sp³-hybridized carbons (Fsp3) is 1.00. The summed E-state index contributed by atoms with van der Waals surface area (Å²) in [5.74, 6) is 0. The summed E-state index contributed by atoms with van der Waals surface area (Å²) in [6.45, 7) is 7.03. The van der Waals surface area contributed by atoms with Crippen molar-refractivity contribution in [2.75, 3.05) is 13.1 Å². The van der Waals surface area contributed by atoms with Crippen LogP contribution in [0.25, 0.3) is 0 Å². The summed E-state index contributed by atoms with van der Waals surface area (Å²) < 4.78 is 0. The Morgan fingerprint density at radius 1 is 0.917 bits per heavy atom. The van der Waals surface area contributed by atoms with Gasteiger partial charge in [-0.15, -0.1) is 0 Å². The van der Waals surface area contributed by atoms with Crippen molar-refractivity contribution in [3.05, 3.63) is 0 Å². The molecule has 0 bridgehead atoms. The quantitative estimate of drug-likeness (QED) is 0.465. The highest BCUT2D eigenvalue weighted by molar-refractivity contribution is 4.36. The van der Waals surface area contributed by atoms with Gasteiger partial charge < -0.3 is 45.4 Å². The predicted octanol–water partition coefficient (Wildman–Crippen LogP) is -4.47. The van der Waals surface area contributed by atoms with Crippen LogP contribution in [0.3, 0.4) is 0 Å². The minimum absolute atomic E-state index is 0. The van der Waals surface area contributed by atoms with Gasteiger partial charge in [0, 0.05) is 0 Å². The largest absolute Gasteiger partial charge is 1.00 e. The molecular formula is C8H24Br2N2. The lowest BCUT2D eigenvalue weighted by Gasteiger charge is -1.96. The van der Waals surface area contributed by atoms with Gasteiger partial charge in [0.2, 0.25) is 0 Å². The third-order valence-corrected chi connectivity index (χ3v) is 1.55. The minimum Gasteiger partial charge on any atom is -1.00 e. The van der Waals surface area contributed by atoms with E-state index in [0.717, 1.165) is 0 Å². The van der Waals surface area contributed by atoms with Crippen LogP contribution in [-0.2, 0) is 0 Å². The summed E-state index contributed by atoms with van der Waals surface area (Å²) in [6.07, 6.45) is 5.60. The smallest absolute Gasteiger partial charge is 0.0755 e. The molecule has 0 aromatic carbocycles. The number of quaternary nitrogens is 2. The van der Waals surface area contributed by atoms with Crippen molar-refractivity contribution >= 4 is 0 Å². The first-order valence-corrected chi connectivity index (χ1v) is 4.23. The molecule has 0 fully saturated rings. The Bertz CT molecular complexity index is 48.3. The van der Waals surface area contributed by atoms with E-state index in [1.807, 2.05) is 0 Å². The number of hydrogen-bond donors (Lipinski definition) is 2. The van der Waals surface area contributed by atoms with Gasteiger partial charge in [-0.1, -0.05) is 19.8 Å². The molecule has 0 aromatic heterocycles. The van der Waals surface area contributed by atoms with E-state index >= 15 is 0 Å². The number of unbranched alkanes of at least 4 members (excludes halogenated alkanes) is 3. The van der Waals surface area contributed by atoms with E-state index in [1.54, 1.807) is 0 Å². The second-order valence-corrected chi connectivity index (χ2v) is 2.55. The summed E-state index contributed by atoms with van der Waals surface area (Å²) >= 11 is 0. The number of nitrogens with two attached hydrogens (primary N) is 1. The molecule has 0 spiro atoms. The molecule has 80 valence electrons. The Labute approximate surface area is 98.0 Å². The summed E-state index contributed by atoms with van der Waals surface area (Å²) in [4.78, 5) is 0. The topological polar surface area (TPSA) is 53.1 Å². The summed E-state index contributed by atoms with van der Waals surface area (Å²) in [7, 11) is 0. The lowest BCUT2D eigenvalue weighted by Crippen LogP contribution is -3.00. The predicted molar refractivity (Wildman–Crippen MR) is 47.5 cm³/mol. The number of hydrogen-bond acceptors (Lipinski definition) is 0. The molecule has 0 saturated heterocycles. The zero-order valence-corrected chi connectivity index (χ0v) is 11.7. The van der Waals surface area contributed by atoms with Crippen molar-refractivity contribution in [1.82, 2.24) is 6.15 Å². The molecule has 0 aliphatic rings. The molecular weight excluding hydrogens is 284 g/mol. The van der Waals surface area contributed by atoms with Gasteiger partial charge >= 0.3 is 0 Å². The fourth-order valence-corrected chi connectivity index (χ4v) is 0.920. The SMILES string of the molecule is CCCCCC[NH2+]CC.[Br-].[Br-].[NH4+]. The van der Waals surface area contributed by atoms with Gasteiger partial charge in [0.15, 0.2) is 0 Å². The summed E-state index contributed by atoms with van der Waals surface area (Å²) in [5.41, 5.74) is 0. The maximum absolute atomic E-state index is 2.37. The zero-order chi connectivity index (χ0) is 6.95. The van der Waals surface area contributed by atoms with Crippen molar-refractivity contribution in [2.45, 2.75) is 39.5 Å². The molecule has 2 nitrogen and oxygen atoms in total. The van der Waals surface area contributed by atoms with Gasteiger partial charge in [-0.05, 0) is 19.8 Å². The summed E-state index contributed by atoms with van der Waals surface area (Å²) in [5, 5.41) is 2.37. The van der Waals surface area contributed by atoms with Crippen molar-refractivity contribution < 1.29 is 39.3 Å². The second-order valence-electron chi connectivity index (χ2n) is 2.55. The van der Waals surface area contributed by atoms with E-state index in [2.05, 4.69) is 19.2 Å². The van der Waals surface area contributed by atoms with Crippen LogP contribution in [0, 0.1) is 0 Å². The molecule has 0 unspecified atom stereocenters. The third-order valence-electron chi connectivity index (χ3n) is 1.55. The third kappa shape index (κ3) is 22.4. The van der Waals surface area contributed by atoms with Crippen molar-refractivity contribution in [3.63, 3.8) is 0 Å². The molecule has 0 saturated carbocycles. The summed E-state index contributed by atoms with van der Waals surface area (Å²) in [6, 6.07) is 0. The first-order chi connectivity index (χ1) is 4.41. The van der Waals surface area contributed by atoms with Gasteiger partial charge in [-0.3, -0.25) is 0 Å². The van der Waals surface area contributed by atoms with Gasteiger partial charge in [0.05, 0.1) is 13.1 Å². The Hall–Kier alpha value is 0.880. The Morgan fingerprint density at radius 2 is 1.50 bits per heavy atom. The highest BCUT2D eigenvalue weighted by atomic mass is 79.9. The highest BCUT2D eigenvalue weighted by Gasteiger charge is 1.86. The van der Waals surface area contributed by atoms with Crippen molar-refractivity contribution in [1.29, 1.82) is 0 Å². The monoisotopic (exact) mass is 306 g/mol. The first-order valence-electron chi connectivity index (χ1n) is 4.23. The maximum Gasteiger partial charge on any atom is 0.0755 e. The average Bonchev–Trinajstić information content (AvgIpc) is 1.89. The van der Waals surface area contributed by atoms with Crippen LogP contribution in [0.4, 0.5) is 0 Å². The van der Waals surface area contributed by atoms with Gasteiger partial charge in [0.1, 0.15) is 0 Å². The van der Waals surface area contributed by atoms with E-state index in [1.165, 1.54) is 38.8 Å². The molecule has 0 aliphatic heterocycles. The van der Waals surface area contributed by atoms with Crippen LogP contribution in [0.5, 0.6) is 0 Å². The number of rotatable bonds is 6. The molecule has 0 radical (unpaired) electrons. The molecule has 12 heavy (non-hydrogen) atoms. The lowest BCUT2D eigenvalue weighted by atomic mass is 10.2. The maximum atomic E-state index is 2.37. The van der Waals surface area contributed by atoms with Crippen molar-refractivity contribution in [2.24, 2.45) is 0 Å². The van der Waals surface area contributed by atoms with Crippen LogP contribution < -0.4 is 45.4 Å². The Kier molecular flexibility index (Phi) is 43.5. The molecule has 0 aromatic rings. The van der Waals surface area contributed by atoms with Crippen LogP contribution in [0.2, 0.25) is 0 Å². The van der Waals surface area contributed by atoms with E-state index < -0.39 is 0 Å². The molecule has 6 N–H and O–H groups in total. The molecule has 0 heterocycles. The van der Waals surface area contributed by atoms with Crippen LogP contribution in [0.1, 0.15) is 39.5 Å². The van der Waals surface area contributed by atoms with Gasteiger partial charge in [0.25, 0.3) is 0 Å². The van der Waals surface area contributed by atoms with Crippen LogP contribution >= 0.6 is 0 Å². The highest BCUT2D eigenvalue weighted by Crippen LogP contribution is 1.95. The van der Waals surface area contributed by atoms with E-state index in [-0.39, 0.29) is 40.1 Å². The lowest BCUT2D eigenvalue weighted by molar-refractivity contribution is -0.652. The van der Waals surface area contributed by atoms with E-state index in [0.29, 0.717) is 0 Å². The first kappa shape index (κ1) is 23.1. The van der Waals surface area contributed by atoms with Crippen molar-refractivity contribution in [3.8, 4) is 0 Å². The zero-order valence-electron chi connectivity index (χ0n) is 8.58. The molecule has 0 atom stereocenters. The minimum atomic E-state index is 0. The van der Waals surface area contributed by atoms with E-state index in [4.69, 9.17) is 0 Å². The van der Waals surface area contributed by atoms with Crippen LogP contribution in [-0.4, -0.2) is 13.1 Å². The van der Waals surface area contributed by atoms with Crippen LogP contribution in [0.15, 0.2) is 0 Å². The van der Waals surface area contributed by atoms with Gasteiger partial charge in [-0.2, -0.15) is 0 Å². The number of halogens is 2. The normalized spacial score (nSPS) is 7.50. The standard InChI is InChI=1S/C8H19N.2BrH.H3N/c1-3-5-6-7-8-9-4-2;;;/h9H,3-8H2,1-2H3;2*1H;1H3. The second kappa shape index (κ2) is 22.6. The average molecular weight is 308 g/mol. The Balaban J connectivity index is -0.000000107. The Morgan fingerprint density at radius 3 is 1.92 bits per heavy atom.